The van der Waals surface area contributed by atoms with Crippen LogP contribution in [0.1, 0.15) is 64.0 Å². The summed E-state index contributed by atoms with van der Waals surface area (Å²) in [6.45, 7) is 9.42. The number of rotatable bonds is 6. The molecule has 1 aliphatic carbocycles. The molecule has 0 spiro atoms. The Balaban J connectivity index is 1.80. The van der Waals surface area contributed by atoms with E-state index in [1.54, 1.807) is 13.8 Å². The van der Waals surface area contributed by atoms with E-state index in [9.17, 15) is 15.3 Å². The first-order chi connectivity index (χ1) is 13.7. The molecular weight excluding hydrogens is 360 g/mol. The van der Waals surface area contributed by atoms with Crippen LogP contribution in [0.3, 0.4) is 0 Å². The molecule has 156 valence electrons. The van der Waals surface area contributed by atoms with Crippen LogP contribution in [-0.2, 0) is 5.60 Å². The molecule has 1 unspecified atom stereocenters. The first-order valence-electron chi connectivity index (χ1n) is 10.4. The standard InChI is InChI=1S/C26H34O3/c1-19(15-16-22-13-9-10-14-23(22)26(3,4)29)11-7-5-6-8-12-21-17-24(27)20(2)25(28)18-21/h6,8-10,12-14,19,24-25,27-29H,2,5,7,11,17-18H2,1,3-4H3/t19?,24-,25+. The Labute approximate surface area is 175 Å². The Kier molecular flexibility index (Phi) is 8.46. The molecule has 2 rings (SSSR count). The quantitative estimate of drug-likeness (QED) is 0.375. The second-order valence-electron chi connectivity index (χ2n) is 8.47. The van der Waals surface area contributed by atoms with E-state index in [1.165, 1.54) is 0 Å². The SMILES string of the molecule is C=C1[C@H](O)CC(=CC=CCCCC(C)C#Cc2ccccc2C(C)(C)O)C[C@@H]1O. The van der Waals surface area contributed by atoms with Crippen molar-refractivity contribution >= 4 is 0 Å². The minimum Gasteiger partial charge on any atom is -0.388 e. The van der Waals surface area contributed by atoms with E-state index in [0.717, 1.165) is 36.0 Å². The summed E-state index contributed by atoms with van der Waals surface area (Å²) in [5.74, 6) is 6.82. The summed E-state index contributed by atoms with van der Waals surface area (Å²) in [7, 11) is 0. The van der Waals surface area contributed by atoms with E-state index >= 15 is 0 Å². The maximum absolute atomic E-state index is 10.3. The van der Waals surface area contributed by atoms with Gasteiger partial charge in [0.15, 0.2) is 0 Å². The summed E-state index contributed by atoms with van der Waals surface area (Å²) >= 11 is 0. The maximum atomic E-state index is 10.3. The van der Waals surface area contributed by atoms with Gasteiger partial charge in [0.05, 0.1) is 17.8 Å². The van der Waals surface area contributed by atoms with Gasteiger partial charge in [-0.15, -0.1) is 0 Å². The first kappa shape index (κ1) is 23.2. The van der Waals surface area contributed by atoms with E-state index in [0.29, 0.717) is 18.4 Å². The van der Waals surface area contributed by atoms with Gasteiger partial charge in [0, 0.05) is 11.5 Å². The molecule has 0 aliphatic heterocycles. The Morgan fingerprint density at radius 1 is 1.21 bits per heavy atom. The molecule has 1 fully saturated rings. The van der Waals surface area contributed by atoms with Gasteiger partial charge in [0.1, 0.15) is 0 Å². The van der Waals surface area contributed by atoms with E-state index < -0.39 is 17.8 Å². The van der Waals surface area contributed by atoms with Crippen LogP contribution < -0.4 is 0 Å². The van der Waals surface area contributed by atoms with Crippen LogP contribution in [0.2, 0.25) is 0 Å². The fourth-order valence-electron chi connectivity index (χ4n) is 3.44. The van der Waals surface area contributed by atoms with Crippen molar-refractivity contribution in [2.45, 2.75) is 70.7 Å². The molecule has 3 N–H and O–H groups in total. The molecule has 1 saturated carbocycles. The van der Waals surface area contributed by atoms with Gasteiger partial charge < -0.3 is 15.3 Å². The number of benzene rings is 1. The van der Waals surface area contributed by atoms with Gasteiger partial charge >= 0.3 is 0 Å². The highest BCUT2D eigenvalue weighted by Gasteiger charge is 2.25. The molecule has 0 aromatic heterocycles. The molecule has 0 radical (unpaired) electrons. The molecule has 3 heteroatoms. The lowest BCUT2D eigenvalue weighted by atomic mass is 9.86. The average Bonchev–Trinajstić information content (AvgIpc) is 2.66. The number of aliphatic hydroxyl groups excluding tert-OH is 2. The minimum atomic E-state index is -0.897. The molecule has 1 aromatic carbocycles. The number of hydrogen-bond donors (Lipinski definition) is 3. The summed E-state index contributed by atoms with van der Waals surface area (Å²) in [6, 6.07) is 7.75. The van der Waals surface area contributed by atoms with Crippen molar-refractivity contribution in [3.8, 4) is 11.8 Å². The molecule has 0 heterocycles. The van der Waals surface area contributed by atoms with Gasteiger partial charge in [-0.1, -0.05) is 67.3 Å². The van der Waals surface area contributed by atoms with Crippen molar-refractivity contribution in [3.05, 3.63) is 71.3 Å². The Morgan fingerprint density at radius 2 is 1.86 bits per heavy atom. The molecule has 3 nitrogen and oxygen atoms in total. The summed E-state index contributed by atoms with van der Waals surface area (Å²) in [5.41, 5.74) is 2.42. The number of aliphatic hydroxyl groups is 3. The van der Waals surface area contributed by atoms with Gasteiger partial charge in [-0.2, -0.15) is 0 Å². The van der Waals surface area contributed by atoms with E-state index in [4.69, 9.17) is 0 Å². The zero-order chi connectivity index (χ0) is 21.4. The van der Waals surface area contributed by atoms with Crippen LogP contribution >= 0.6 is 0 Å². The van der Waals surface area contributed by atoms with Crippen molar-refractivity contribution in [2.24, 2.45) is 5.92 Å². The summed E-state index contributed by atoms with van der Waals surface area (Å²) < 4.78 is 0. The van der Waals surface area contributed by atoms with Crippen molar-refractivity contribution < 1.29 is 15.3 Å². The smallest absolute Gasteiger partial charge is 0.0852 e. The lowest BCUT2D eigenvalue weighted by Crippen LogP contribution is -2.27. The zero-order valence-corrected chi connectivity index (χ0v) is 17.9. The van der Waals surface area contributed by atoms with Gasteiger partial charge in [0.2, 0.25) is 0 Å². The van der Waals surface area contributed by atoms with Crippen LogP contribution in [0.25, 0.3) is 0 Å². The molecule has 0 bridgehead atoms. The fourth-order valence-corrected chi connectivity index (χ4v) is 3.44. The van der Waals surface area contributed by atoms with Gasteiger partial charge in [-0.3, -0.25) is 0 Å². The topological polar surface area (TPSA) is 60.7 Å². The van der Waals surface area contributed by atoms with E-state index in [-0.39, 0.29) is 5.92 Å². The number of unbranched alkanes of at least 4 members (excludes halogenated alkanes) is 1. The molecule has 1 aromatic rings. The Morgan fingerprint density at radius 3 is 2.52 bits per heavy atom. The Bertz CT molecular complexity index is 798. The monoisotopic (exact) mass is 394 g/mol. The number of allylic oxidation sites excluding steroid dienone is 3. The molecule has 29 heavy (non-hydrogen) atoms. The highest BCUT2D eigenvalue weighted by atomic mass is 16.3. The predicted molar refractivity (Wildman–Crippen MR) is 119 cm³/mol. The Hall–Kier alpha value is -2.12. The van der Waals surface area contributed by atoms with E-state index in [2.05, 4.69) is 31.4 Å². The van der Waals surface area contributed by atoms with Gasteiger partial charge in [-0.25, -0.2) is 0 Å². The molecule has 3 atom stereocenters. The predicted octanol–water partition coefficient (Wildman–Crippen LogP) is 4.63. The third kappa shape index (κ3) is 7.33. The number of hydrogen-bond acceptors (Lipinski definition) is 3. The minimum absolute atomic E-state index is 0.284. The highest BCUT2D eigenvalue weighted by Crippen LogP contribution is 2.27. The lowest BCUT2D eigenvalue weighted by molar-refractivity contribution is 0.0783. The normalized spacial score (nSPS) is 22.6. The van der Waals surface area contributed by atoms with Crippen LogP contribution in [0.4, 0.5) is 0 Å². The zero-order valence-electron chi connectivity index (χ0n) is 17.9. The van der Waals surface area contributed by atoms with Crippen molar-refractivity contribution in [3.63, 3.8) is 0 Å². The fraction of sp³-hybridized carbons (Fsp3) is 0.462. The third-order valence-corrected chi connectivity index (χ3v) is 5.28. The van der Waals surface area contributed by atoms with E-state index in [1.807, 2.05) is 36.4 Å². The first-order valence-corrected chi connectivity index (χ1v) is 10.4. The summed E-state index contributed by atoms with van der Waals surface area (Å²) in [4.78, 5) is 0. The average molecular weight is 395 g/mol. The molecule has 0 amide bonds. The van der Waals surface area contributed by atoms with Crippen LogP contribution in [0.5, 0.6) is 0 Å². The molecule has 0 saturated heterocycles. The lowest BCUT2D eigenvalue weighted by Gasteiger charge is -2.27. The largest absolute Gasteiger partial charge is 0.388 e. The molecule has 1 aliphatic rings. The van der Waals surface area contributed by atoms with Crippen LogP contribution in [0, 0.1) is 17.8 Å². The second-order valence-corrected chi connectivity index (χ2v) is 8.47. The molecular formula is C26H34O3. The van der Waals surface area contributed by atoms with Crippen LogP contribution in [-0.4, -0.2) is 27.5 Å². The maximum Gasteiger partial charge on any atom is 0.0852 e. The second kappa shape index (κ2) is 10.6. The van der Waals surface area contributed by atoms with Crippen molar-refractivity contribution in [1.29, 1.82) is 0 Å². The van der Waals surface area contributed by atoms with Gasteiger partial charge in [0.25, 0.3) is 0 Å². The van der Waals surface area contributed by atoms with Crippen molar-refractivity contribution in [2.75, 3.05) is 0 Å². The van der Waals surface area contributed by atoms with Gasteiger partial charge in [-0.05, 0) is 63.2 Å². The third-order valence-electron chi connectivity index (χ3n) is 5.28. The summed E-state index contributed by atoms with van der Waals surface area (Å²) in [5, 5.41) is 30.0. The van der Waals surface area contributed by atoms with Crippen molar-refractivity contribution in [1.82, 2.24) is 0 Å². The van der Waals surface area contributed by atoms with Crippen LogP contribution in [0.15, 0.2) is 60.2 Å². The highest BCUT2D eigenvalue weighted by molar-refractivity contribution is 5.44. The summed E-state index contributed by atoms with van der Waals surface area (Å²) in [6.07, 6.45) is 8.98.